The molecule has 0 heterocycles. The van der Waals surface area contributed by atoms with E-state index in [0.717, 1.165) is 6.07 Å². The fourth-order valence-electron chi connectivity index (χ4n) is 1.71. The van der Waals surface area contributed by atoms with Gasteiger partial charge in [0.2, 0.25) is 5.82 Å². The number of nitro benzene ring substituents is 1. The van der Waals surface area contributed by atoms with E-state index in [9.17, 15) is 19.3 Å². The van der Waals surface area contributed by atoms with Crippen LogP contribution in [0.2, 0.25) is 0 Å². The second-order valence-corrected chi connectivity index (χ2v) is 3.85. The van der Waals surface area contributed by atoms with Gasteiger partial charge in [-0.15, -0.1) is 0 Å². The van der Waals surface area contributed by atoms with Gasteiger partial charge < -0.3 is 4.74 Å². The van der Waals surface area contributed by atoms with E-state index in [-0.39, 0.29) is 12.3 Å². The Morgan fingerprint density at radius 3 is 2.72 bits per heavy atom. The molecule has 1 atom stereocenters. The highest BCUT2D eigenvalue weighted by Gasteiger charge is 2.20. The fourth-order valence-corrected chi connectivity index (χ4v) is 1.71. The van der Waals surface area contributed by atoms with E-state index in [4.69, 9.17) is 0 Å². The lowest BCUT2D eigenvalue weighted by atomic mass is 9.93. The van der Waals surface area contributed by atoms with E-state index >= 15 is 0 Å². The number of carbonyl (C=O) groups is 1. The lowest BCUT2D eigenvalue weighted by Gasteiger charge is -2.13. The molecule has 6 heteroatoms. The van der Waals surface area contributed by atoms with Gasteiger partial charge in [0.25, 0.3) is 0 Å². The first-order valence-corrected chi connectivity index (χ1v) is 5.50. The van der Waals surface area contributed by atoms with Crippen molar-refractivity contribution in [1.82, 2.24) is 0 Å². The minimum atomic E-state index is -0.878. The zero-order chi connectivity index (χ0) is 13.7. The number of rotatable bonds is 5. The summed E-state index contributed by atoms with van der Waals surface area (Å²) in [6.45, 7) is 1.85. The predicted molar refractivity (Wildman–Crippen MR) is 62.7 cm³/mol. The summed E-state index contributed by atoms with van der Waals surface area (Å²) >= 11 is 0. The first-order valence-electron chi connectivity index (χ1n) is 5.50. The number of carbonyl (C=O) groups excluding carboxylic acids is 1. The normalized spacial score (nSPS) is 11.9. The van der Waals surface area contributed by atoms with E-state index < -0.39 is 22.4 Å². The second kappa shape index (κ2) is 6.09. The molecule has 0 aliphatic carbocycles. The Balaban J connectivity index is 3.03. The summed E-state index contributed by atoms with van der Waals surface area (Å²) in [6, 6.07) is 3.68. The molecule has 0 aliphatic rings. The summed E-state index contributed by atoms with van der Waals surface area (Å²) < 4.78 is 17.7. The summed E-state index contributed by atoms with van der Waals surface area (Å²) in [5.41, 5.74) is -0.00758. The van der Waals surface area contributed by atoms with Crippen molar-refractivity contribution in [3.05, 3.63) is 39.7 Å². The van der Waals surface area contributed by atoms with E-state index in [1.54, 1.807) is 0 Å². The number of hydrogen-bond donors (Lipinski definition) is 0. The average Bonchev–Trinajstić information content (AvgIpc) is 2.36. The van der Waals surface area contributed by atoms with Crippen molar-refractivity contribution in [1.29, 1.82) is 0 Å². The van der Waals surface area contributed by atoms with Crippen molar-refractivity contribution < 1.29 is 18.8 Å². The molecule has 5 nitrogen and oxygen atoms in total. The minimum absolute atomic E-state index is 0.121. The number of halogens is 1. The van der Waals surface area contributed by atoms with Crippen LogP contribution in [0, 0.1) is 15.9 Å². The second-order valence-electron chi connectivity index (χ2n) is 3.85. The Hall–Kier alpha value is -1.98. The van der Waals surface area contributed by atoms with Crippen LogP contribution in [0.5, 0.6) is 0 Å². The van der Waals surface area contributed by atoms with Gasteiger partial charge in [-0.1, -0.05) is 13.0 Å². The van der Waals surface area contributed by atoms with Gasteiger partial charge in [-0.2, -0.15) is 4.39 Å². The van der Waals surface area contributed by atoms with Gasteiger partial charge in [0.05, 0.1) is 18.5 Å². The van der Waals surface area contributed by atoms with Crippen LogP contribution in [-0.2, 0) is 9.53 Å². The molecule has 0 aromatic heterocycles. The van der Waals surface area contributed by atoms with Crippen LogP contribution >= 0.6 is 0 Å². The molecule has 1 unspecified atom stereocenters. The van der Waals surface area contributed by atoms with Crippen LogP contribution in [0.25, 0.3) is 0 Å². The molecule has 1 rings (SSSR count). The van der Waals surface area contributed by atoms with Gasteiger partial charge >= 0.3 is 11.7 Å². The quantitative estimate of drug-likeness (QED) is 0.461. The zero-order valence-electron chi connectivity index (χ0n) is 10.2. The number of methoxy groups -OCH3 is 1. The van der Waals surface area contributed by atoms with Crippen LogP contribution in [0.1, 0.15) is 31.2 Å². The highest BCUT2D eigenvalue weighted by molar-refractivity contribution is 5.70. The Morgan fingerprint density at radius 1 is 1.56 bits per heavy atom. The number of nitro groups is 1. The van der Waals surface area contributed by atoms with E-state index in [0.29, 0.717) is 12.0 Å². The van der Waals surface area contributed by atoms with Gasteiger partial charge in [0, 0.05) is 6.07 Å². The summed E-state index contributed by atoms with van der Waals surface area (Å²) in [5.74, 6) is -1.48. The Morgan fingerprint density at radius 2 is 2.22 bits per heavy atom. The van der Waals surface area contributed by atoms with E-state index in [2.05, 4.69) is 4.74 Å². The molecule has 0 aliphatic heterocycles. The highest BCUT2D eigenvalue weighted by Crippen LogP contribution is 2.28. The van der Waals surface area contributed by atoms with Gasteiger partial charge in [0.15, 0.2) is 0 Å². The summed E-state index contributed by atoms with van der Waals surface area (Å²) in [6.07, 6.45) is 0.730. The lowest BCUT2D eigenvalue weighted by molar-refractivity contribution is -0.387. The molecular weight excluding hydrogens is 241 g/mol. The van der Waals surface area contributed by atoms with Gasteiger partial charge in [0.1, 0.15) is 0 Å². The highest BCUT2D eigenvalue weighted by atomic mass is 19.1. The molecule has 0 spiro atoms. The first-order chi connectivity index (χ1) is 8.49. The Kier molecular flexibility index (Phi) is 4.76. The molecule has 98 valence electrons. The van der Waals surface area contributed by atoms with E-state index in [1.807, 2.05) is 6.92 Å². The molecular formula is C12H14FNO4. The van der Waals surface area contributed by atoms with Crippen LogP contribution in [0.4, 0.5) is 10.1 Å². The molecule has 18 heavy (non-hydrogen) atoms. The van der Waals surface area contributed by atoms with Crippen molar-refractivity contribution in [2.24, 2.45) is 0 Å². The van der Waals surface area contributed by atoms with Crippen molar-refractivity contribution in [2.45, 2.75) is 25.7 Å². The molecule has 0 saturated carbocycles. The topological polar surface area (TPSA) is 69.4 Å². The molecule has 0 bridgehead atoms. The van der Waals surface area contributed by atoms with Gasteiger partial charge in [-0.25, -0.2) is 0 Å². The fraction of sp³-hybridized carbons (Fsp3) is 0.417. The Labute approximate surface area is 104 Å². The molecule has 0 radical (unpaired) electrons. The molecule has 1 aromatic rings. The monoisotopic (exact) mass is 255 g/mol. The molecule has 0 N–H and O–H groups in total. The van der Waals surface area contributed by atoms with Crippen molar-refractivity contribution in [3.63, 3.8) is 0 Å². The van der Waals surface area contributed by atoms with Gasteiger partial charge in [-0.3, -0.25) is 14.9 Å². The maximum absolute atomic E-state index is 13.2. The number of nitrogens with zero attached hydrogens (tertiary/aromatic N) is 1. The third-order valence-corrected chi connectivity index (χ3v) is 2.77. The Bertz CT molecular complexity index is 461. The third-order valence-electron chi connectivity index (χ3n) is 2.77. The average molecular weight is 255 g/mol. The van der Waals surface area contributed by atoms with Gasteiger partial charge in [-0.05, 0) is 24.0 Å². The minimum Gasteiger partial charge on any atom is -0.469 e. The van der Waals surface area contributed by atoms with Crippen LogP contribution in [-0.4, -0.2) is 18.0 Å². The largest absolute Gasteiger partial charge is 0.469 e. The number of esters is 1. The summed E-state index contributed by atoms with van der Waals surface area (Å²) in [4.78, 5) is 21.1. The van der Waals surface area contributed by atoms with Crippen molar-refractivity contribution in [3.8, 4) is 0 Å². The third kappa shape index (κ3) is 3.26. The van der Waals surface area contributed by atoms with Crippen LogP contribution in [0.3, 0.4) is 0 Å². The number of ether oxygens (including phenoxy) is 1. The SMILES string of the molecule is CCC(CC(=O)OC)c1ccc(F)c([N+](=O)[O-])c1. The molecule has 0 saturated heterocycles. The lowest BCUT2D eigenvalue weighted by Crippen LogP contribution is -2.08. The number of benzene rings is 1. The van der Waals surface area contributed by atoms with Crippen LogP contribution < -0.4 is 0 Å². The smallest absolute Gasteiger partial charge is 0.306 e. The van der Waals surface area contributed by atoms with E-state index in [1.165, 1.54) is 19.2 Å². The predicted octanol–water partition coefficient (Wildman–Crippen LogP) is 2.79. The van der Waals surface area contributed by atoms with Crippen LogP contribution in [0.15, 0.2) is 18.2 Å². The maximum atomic E-state index is 13.2. The zero-order valence-corrected chi connectivity index (χ0v) is 10.2. The first kappa shape index (κ1) is 14.1. The standard InChI is InChI=1S/C12H14FNO4/c1-3-8(7-12(15)18-2)9-4-5-10(13)11(6-9)14(16)17/h4-6,8H,3,7H2,1-2H3. The van der Waals surface area contributed by atoms with Crippen molar-refractivity contribution >= 4 is 11.7 Å². The maximum Gasteiger partial charge on any atom is 0.306 e. The number of hydrogen-bond acceptors (Lipinski definition) is 4. The molecule has 1 aromatic carbocycles. The summed E-state index contributed by atoms with van der Waals surface area (Å²) in [5, 5.41) is 10.6. The molecule has 0 amide bonds. The van der Waals surface area contributed by atoms with Crippen molar-refractivity contribution in [2.75, 3.05) is 7.11 Å². The molecule has 0 fully saturated rings. The summed E-state index contributed by atoms with van der Waals surface area (Å²) in [7, 11) is 1.28.